The second kappa shape index (κ2) is 6.68. The molecule has 0 saturated carbocycles. The number of hydrogen-bond acceptors (Lipinski definition) is 4. The lowest BCUT2D eigenvalue weighted by atomic mass is 10.2. The smallest absolute Gasteiger partial charge is 0.242 e. The summed E-state index contributed by atoms with van der Waals surface area (Å²) in [5, 5.41) is 9.26. The first-order chi connectivity index (χ1) is 8.87. The van der Waals surface area contributed by atoms with Crippen LogP contribution in [0.1, 0.15) is 12.5 Å². The first kappa shape index (κ1) is 15.7. The van der Waals surface area contributed by atoms with E-state index in [0.717, 1.165) is 4.31 Å². The fourth-order valence-electron chi connectivity index (χ4n) is 1.54. The van der Waals surface area contributed by atoms with E-state index in [0.29, 0.717) is 5.56 Å². The Balaban J connectivity index is 3.08. The van der Waals surface area contributed by atoms with E-state index in [1.54, 1.807) is 12.1 Å². The zero-order valence-electron chi connectivity index (χ0n) is 11.0. The van der Waals surface area contributed by atoms with Gasteiger partial charge < -0.3 is 10.8 Å². The molecule has 19 heavy (non-hydrogen) atoms. The summed E-state index contributed by atoms with van der Waals surface area (Å²) in [6, 6.07) is 6.35. The van der Waals surface area contributed by atoms with Crippen molar-refractivity contribution in [3.63, 3.8) is 0 Å². The molecule has 0 spiro atoms. The second-order valence-electron chi connectivity index (χ2n) is 4.17. The number of hydrogen-bond donors (Lipinski definition) is 2. The molecule has 0 fully saturated rings. The van der Waals surface area contributed by atoms with Crippen LogP contribution >= 0.6 is 0 Å². The maximum absolute atomic E-state index is 12.2. The van der Waals surface area contributed by atoms with Gasteiger partial charge in [-0.2, -0.15) is 4.31 Å². The molecule has 0 amide bonds. The van der Waals surface area contributed by atoms with E-state index >= 15 is 0 Å². The first-order valence-corrected chi connectivity index (χ1v) is 7.25. The maximum Gasteiger partial charge on any atom is 0.242 e. The van der Waals surface area contributed by atoms with Gasteiger partial charge in [0, 0.05) is 19.2 Å². The van der Waals surface area contributed by atoms with E-state index in [4.69, 9.17) is 5.73 Å². The zero-order chi connectivity index (χ0) is 14.5. The van der Waals surface area contributed by atoms with E-state index in [1.807, 2.05) is 0 Å². The Morgan fingerprint density at radius 2 is 2.16 bits per heavy atom. The number of likely N-dealkylation sites (N-methyl/N-ethyl adjacent to an activating group) is 1. The number of sulfonamides is 1. The van der Waals surface area contributed by atoms with E-state index < -0.39 is 16.1 Å². The number of aliphatic hydroxyl groups excluding tert-OH is 1. The lowest BCUT2D eigenvalue weighted by Crippen LogP contribution is -2.33. The van der Waals surface area contributed by atoms with Gasteiger partial charge in [0.25, 0.3) is 0 Å². The lowest BCUT2D eigenvalue weighted by Gasteiger charge is -2.18. The second-order valence-corrected chi connectivity index (χ2v) is 6.21. The van der Waals surface area contributed by atoms with Gasteiger partial charge in [0.15, 0.2) is 0 Å². The molecule has 0 aromatic heterocycles. The van der Waals surface area contributed by atoms with Gasteiger partial charge in [-0.1, -0.05) is 17.9 Å². The number of benzene rings is 1. The summed E-state index contributed by atoms with van der Waals surface area (Å²) >= 11 is 0. The van der Waals surface area contributed by atoms with Gasteiger partial charge in [0.2, 0.25) is 10.0 Å². The third-order valence-corrected chi connectivity index (χ3v) is 4.22. The Hall–Kier alpha value is -1.39. The summed E-state index contributed by atoms with van der Waals surface area (Å²) in [5.41, 5.74) is 5.87. The van der Waals surface area contributed by atoms with Crippen molar-refractivity contribution in [3.05, 3.63) is 29.8 Å². The quantitative estimate of drug-likeness (QED) is 0.761. The number of aliphatic hydroxyl groups is 1. The topological polar surface area (TPSA) is 83.6 Å². The molecule has 0 aliphatic heterocycles. The summed E-state index contributed by atoms with van der Waals surface area (Å²) in [4.78, 5) is 0.152. The normalized spacial score (nSPS) is 12.9. The summed E-state index contributed by atoms with van der Waals surface area (Å²) < 4.78 is 25.6. The third-order valence-electron chi connectivity index (χ3n) is 2.40. The molecule has 0 heterocycles. The van der Waals surface area contributed by atoms with Crippen LogP contribution in [-0.4, -0.2) is 44.1 Å². The minimum Gasteiger partial charge on any atom is -0.392 e. The summed E-state index contributed by atoms with van der Waals surface area (Å²) in [6.07, 6.45) is -0.722. The average molecular weight is 282 g/mol. The molecule has 0 aliphatic carbocycles. The van der Waals surface area contributed by atoms with E-state index in [9.17, 15) is 13.5 Å². The highest BCUT2D eigenvalue weighted by molar-refractivity contribution is 7.89. The molecule has 0 radical (unpaired) electrons. The van der Waals surface area contributed by atoms with Crippen LogP contribution in [0.3, 0.4) is 0 Å². The number of rotatable bonds is 4. The van der Waals surface area contributed by atoms with Gasteiger partial charge in [-0.05, 0) is 25.1 Å². The highest BCUT2D eigenvalue weighted by atomic mass is 32.2. The predicted octanol–water partition coefficient (Wildman–Crippen LogP) is -0.00190. The molecular weight excluding hydrogens is 264 g/mol. The molecule has 1 rings (SSSR count). The Morgan fingerprint density at radius 1 is 1.47 bits per heavy atom. The molecule has 1 atom stereocenters. The standard InChI is InChI=1S/C13H18N2O3S/c1-11(16)10-15(2)19(17,18)13-7-3-5-12(9-13)6-4-8-14/h3,5,7,9,11,16H,8,10,14H2,1-2H3. The molecule has 1 aromatic carbocycles. The van der Waals surface area contributed by atoms with Crippen LogP contribution in [0.4, 0.5) is 0 Å². The molecule has 104 valence electrons. The van der Waals surface area contributed by atoms with Gasteiger partial charge in [-0.15, -0.1) is 0 Å². The fourth-order valence-corrected chi connectivity index (χ4v) is 2.84. The zero-order valence-corrected chi connectivity index (χ0v) is 11.8. The van der Waals surface area contributed by atoms with E-state index in [-0.39, 0.29) is 18.0 Å². The van der Waals surface area contributed by atoms with E-state index in [1.165, 1.54) is 26.1 Å². The Bertz CT molecular complexity index is 585. The summed E-state index contributed by atoms with van der Waals surface area (Å²) in [7, 11) is -2.18. The highest BCUT2D eigenvalue weighted by Gasteiger charge is 2.21. The van der Waals surface area contributed by atoms with Crippen molar-refractivity contribution < 1.29 is 13.5 Å². The third kappa shape index (κ3) is 4.33. The van der Waals surface area contributed by atoms with Gasteiger partial charge in [-0.3, -0.25) is 0 Å². The van der Waals surface area contributed by atoms with Crippen molar-refractivity contribution in [1.29, 1.82) is 0 Å². The van der Waals surface area contributed by atoms with Crippen molar-refractivity contribution in [1.82, 2.24) is 4.31 Å². The highest BCUT2D eigenvalue weighted by Crippen LogP contribution is 2.15. The van der Waals surface area contributed by atoms with Crippen molar-refractivity contribution in [2.45, 2.75) is 17.9 Å². The minimum atomic E-state index is -3.61. The largest absolute Gasteiger partial charge is 0.392 e. The SMILES string of the molecule is CC(O)CN(C)S(=O)(=O)c1cccc(C#CCN)c1. The van der Waals surface area contributed by atoms with E-state index in [2.05, 4.69) is 11.8 Å². The van der Waals surface area contributed by atoms with Crippen molar-refractivity contribution in [2.24, 2.45) is 5.73 Å². The lowest BCUT2D eigenvalue weighted by molar-refractivity contribution is 0.171. The predicted molar refractivity (Wildman–Crippen MR) is 73.9 cm³/mol. The number of nitrogens with two attached hydrogens (primary N) is 1. The van der Waals surface area contributed by atoms with Gasteiger partial charge in [0.05, 0.1) is 17.5 Å². The molecule has 0 saturated heterocycles. The van der Waals surface area contributed by atoms with Crippen molar-refractivity contribution in [2.75, 3.05) is 20.1 Å². The summed E-state index contributed by atoms with van der Waals surface area (Å²) in [6.45, 7) is 1.80. The molecule has 6 heteroatoms. The molecule has 1 unspecified atom stereocenters. The van der Waals surface area contributed by atoms with Crippen molar-refractivity contribution in [3.8, 4) is 11.8 Å². The minimum absolute atomic E-state index is 0.0427. The fraction of sp³-hybridized carbons (Fsp3) is 0.385. The maximum atomic E-state index is 12.2. The Kier molecular flexibility index (Phi) is 5.51. The molecule has 5 nitrogen and oxygen atoms in total. The van der Waals surface area contributed by atoms with Crippen LogP contribution in [-0.2, 0) is 10.0 Å². The first-order valence-electron chi connectivity index (χ1n) is 5.81. The summed E-state index contributed by atoms with van der Waals surface area (Å²) in [5.74, 6) is 5.46. The average Bonchev–Trinajstić information content (AvgIpc) is 2.35. The number of nitrogens with zero attached hydrogens (tertiary/aromatic N) is 1. The molecule has 0 aliphatic rings. The molecule has 0 bridgehead atoms. The van der Waals surface area contributed by atoms with Crippen LogP contribution in [0.25, 0.3) is 0 Å². The van der Waals surface area contributed by atoms with Crippen LogP contribution in [0.2, 0.25) is 0 Å². The molecular formula is C13H18N2O3S. The Morgan fingerprint density at radius 3 is 2.74 bits per heavy atom. The van der Waals surface area contributed by atoms with Gasteiger partial charge >= 0.3 is 0 Å². The monoisotopic (exact) mass is 282 g/mol. The van der Waals surface area contributed by atoms with Gasteiger partial charge in [-0.25, -0.2) is 8.42 Å². The molecule has 3 N–H and O–H groups in total. The Labute approximate surface area is 114 Å². The van der Waals surface area contributed by atoms with Crippen LogP contribution in [0, 0.1) is 11.8 Å². The molecule has 1 aromatic rings. The van der Waals surface area contributed by atoms with Gasteiger partial charge in [0.1, 0.15) is 0 Å². The van der Waals surface area contributed by atoms with Crippen LogP contribution in [0.5, 0.6) is 0 Å². The van der Waals surface area contributed by atoms with Crippen LogP contribution in [0.15, 0.2) is 29.2 Å². The van der Waals surface area contributed by atoms with Crippen LogP contribution < -0.4 is 5.73 Å². The van der Waals surface area contributed by atoms with Crippen molar-refractivity contribution >= 4 is 10.0 Å².